The van der Waals surface area contributed by atoms with Crippen LogP contribution in [0.5, 0.6) is 0 Å². The van der Waals surface area contributed by atoms with Crippen LogP contribution >= 0.6 is 57.2 Å². The zero-order chi connectivity index (χ0) is 83.8. The Morgan fingerprint density at radius 1 is 0.421 bits per heavy atom. The Labute approximate surface area is 699 Å². The van der Waals surface area contributed by atoms with E-state index in [2.05, 4.69) is 60.0 Å². The summed E-state index contributed by atoms with van der Waals surface area (Å²) in [7, 11) is -34.9. The number of piperidine rings is 3. The standard InChI is InChI=1S/C16H24ClNO5S2.C15H22ClNO4S2.C15H23NO4S3.C14H21NO4S3.C13H19NO4S3/c1-12(2)23-9-3-8-18-15-10-24(19,20)11-16(15)25(21,22)14-6-4-13(17)5-7-14;1-11(2)7-8-17-14-9-22(18,19)10-15(14)23(20,21)13-5-3-12(16)4-6-13;1-11-6-12(2)8-16(7-11)13-9-22(17,18)10-14(13)23(19,20)15-4-3-5-21-15;1-11-4-6-15(7-5-11)12-9-21(16,17)10-13(12)22(18,19)14-3-2-8-20-14;15-20(16)9-11(14-6-2-1-3-7-14)12(10-20)21(17,18)13-5-4-8-19-13/h4-7,12,15-16,18H,3,8-11H2,1-2H3;3-6,11,14-15,17H,7-10H2,1-2H3;3-5,11-14H,6-10H2,1-2H3;2-3,8,11-13H,4-7,9-10H2,1H3;4-5,8,11-12H,1-3,6-7,9-10H2/t15-,16-;14-,15-;11-,12+,13-,14-;12-,13-;11-,12-/m00000/s1. The number of nitrogens with zero attached hydrogens (tertiary/aromatic N) is 3. The van der Waals surface area contributed by atoms with Gasteiger partial charge in [0.2, 0.25) is 0 Å². The summed E-state index contributed by atoms with van der Waals surface area (Å²) in [4.78, 5) is 6.47. The highest BCUT2D eigenvalue weighted by Gasteiger charge is 2.53. The van der Waals surface area contributed by atoms with Gasteiger partial charge >= 0.3 is 0 Å². The first-order valence-electron chi connectivity index (χ1n) is 38.3. The number of rotatable bonds is 23. The average molecular weight is 1880 g/mol. The van der Waals surface area contributed by atoms with Crippen molar-refractivity contribution in [1.82, 2.24) is 25.3 Å². The summed E-state index contributed by atoms with van der Waals surface area (Å²) in [6.07, 6.45) is 7.96. The molecule has 0 spiro atoms. The summed E-state index contributed by atoms with van der Waals surface area (Å²) in [5.74, 6) is 0.177. The van der Waals surface area contributed by atoms with Gasteiger partial charge in [-0.3, -0.25) is 14.7 Å². The Morgan fingerprint density at radius 3 is 1.11 bits per heavy atom. The van der Waals surface area contributed by atoms with Crippen molar-refractivity contribution in [3.05, 3.63) is 111 Å². The fraction of sp³-hybridized carbons (Fsp3) is 0.671. The van der Waals surface area contributed by atoms with Gasteiger partial charge in [-0.15, -0.1) is 34.0 Å². The highest BCUT2D eigenvalue weighted by Crippen LogP contribution is 2.38. The maximum atomic E-state index is 12.9. The normalized spacial score (nSPS) is 28.6. The molecule has 8 aliphatic heterocycles. The topological polar surface area (TPSA) is 384 Å². The second-order valence-corrected chi connectivity index (χ2v) is 58.0. The minimum atomic E-state index is -3.76. The largest absolute Gasteiger partial charge is 0.379 e. The third-order valence-corrected chi connectivity index (χ3v) is 47.3. The Kier molecular flexibility index (Phi) is 33.2. The van der Waals surface area contributed by atoms with Crippen LogP contribution < -0.4 is 10.6 Å². The van der Waals surface area contributed by atoms with Crippen LogP contribution in [0.15, 0.2) is 123 Å². The fourth-order valence-electron chi connectivity index (χ4n) is 16.1. The summed E-state index contributed by atoms with van der Waals surface area (Å²) >= 11 is 15.1. The monoisotopic (exact) mass is 1880 g/mol. The van der Waals surface area contributed by atoms with Crippen LogP contribution in [0.4, 0.5) is 0 Å². The molecular weight excluding hydrogens is 1770 g/mol. The van der Waals surface area contributed by atoms with E-state index in [4.69, 9.17) is 27.9 Å². The van der Waals surface area contributed by atoms with Gasteiger partial charge in [0.25, 0.3) is 0 Å². The molecule has 8 aliphatic rings. The van der Waals surface area contributed by atoms with E-state index >= 15 is 0 Å². The van der Waals surface area contributed by atoms with E-state index in [9.17, 15) is 84.2 Å². The first-order chi connectivity index (χ1) is 53.1. The lowest BCUT2D eigenvalue weighted by molar-refractivity contribution is 0.0768. The van der Waals surface area contributed by atoms with Crippen LogP contribution in [0.25, 0.3) is 0 Å². The summed E-state index contributed by atoms with van der Waals surface area (Å²) < 4.78 is 255. The number of hydrogen-bond acceptors (Lipinski definition) is 29. The molecule has 0 saturated carbocycles. The lowest BCUT2D eigenvalue weighted by atomic mass is 9.91. The molecule has 26 nitrogen and oxygen atoms in total. The van der Waals surface area contributed by atoms with Gasteiger partial charge in [-0.25, -0.2) is 84.2 Å². The second-order valence-electron chi connectivity index (χ2n) is 32.0. The van der Waals surface area contributed by atoms with Gasteiger partial charge in [0.05, 0.1) is 99.7 Å². The zero-order valence-corrected chi connectivity index (χ0v) is 77.2. The van der Waals surface area contributed by atoms with Crippen LogP contribution in [-0.4, -0.2) is 278 Å². The predicted molar refractivity (Wildman–Crippen MR) is 454 cm³/mol. The van der Waals surface area contributed by atoms with Gasteiger partial charge in [-0.05, 0) is 205 Å². The van der Waals surface area contributed by atoms with Gasteiger partial charge in [0.1, 0.15) is 12.6 Å². The summed E-state index contributed by atoms with van der Waals surface area (Å²) in [5.41, 5.74) is 0. The SMILES string of the molecule is CC(C)CCN[C@H]1CS(=O)(=O)C[C@@H]1S(=O)(=O)c1ccc(Cl)cc1.CC(C)OCCCN[C@H]1CS(=O)(=O)C[C@@H]1S(=O)(=O)c1ccc(Cl)cc1.CC1CCN([C@H]2CS(=O)(=O)C[C@@H]2S(=O)(=O)c2cccs2)CC1.C[C@@H]1C[C@H](C)CN([C@H]2CS(=O)(=O)C[C@@H]2S(=O)(=O)c2cccs2)C1.O=S1(=O)C[C@H](N2CCCCC2)[C@@H](S(=O)(=O)c2cccs2)C1. The van der Waals surface area contributed by atoms with Gasteiger partial charge in [0, 0.05) is 60.0 Å². The smallest absolute Gasteiger partial charge is 0.193 e. The molecule has 5 aromatic rings. The lowest BCUT2D eigenvalue weighted by Gasteiger charge is -2.40. The predicted octanol–water partition coefficient (Wildman–Crippen LogP) is 7.86. The molecule has 0 radical (unpaired) electrons. The molecule has 0 aliphatic carbocycles. The molecule has 2 N–H and O–H groups in total. The molecule has 0 bridgehead atoms. The zero-order valence-electron chi connectivity index (χ0n) is 65.0. The minimum Gasteiger partial charge on any atom is -0.379 e. The molecule has 12 atom stereocenters. The van der Waals surface area contributed by atoms with Crippen molar-refractivity contribution in [3.8, 4) is 0 Å². The molecule has 114 heavy (non-hydrogen) atoms. The van der Waals surface area contributed by atoms with E-state index in [1.807, 2.05) is 13.8 Å². The molecule has 41 heteroatoms. The highest BCUT2D eigenvalue weighted by atomic mass is 35.5. The lowest BCUT2D eigenvalue weighted by Crippen LogP contribution is -2.51. The number of hydrogen-bond donors (Lipinski definition) is 2. The third kappa shape index (κ3) is 25.5. The third-order valence-electron chi connectivity index (χ3n) is 21.8. The molecule has 8 saturated heterocycles. The Hall–Kier alpha value is -2.62. The molecule has 11 heterocycles. The van der Waals surface area contributed by atoms with E-state index in [0.29, 0.717) is 59.8 Å². The van der Waals surface area contributed by atoms with Crippen LogP contribution in [0.2, 0.25) is 10.0 Å². The molecular formula is C73H109Cl2N5O21S13. The van der Waals surface area contributed by atoms with Gasteiger partial charge in [-0.2, -0.15) is 0 Å². The van der Waals surface area contributed by atoms with Crippen molar-refractivity contribution < 1.29 is 88.9 Å². The first kappa shape index (κ1) is 95.2. The highest BCUT2D eigenvalue weighted by molar-refractivity contribution is 7.99. The van der Waals surface area contributed by atoms with Crippen LogP contribution in [-0.2, 0) is 103 Å². The summed E-state index contributed by atoms with van der Waals surface area (Å²) in [6, 6.07) is 19.0. The number of sulfone groups is 10. The molecule has 0 unspecified atom stereocenters. The van der Waals surface area contributed by atoms with Crippen molar-refractivity contribution >= 4 is 156 Å². The maximum Gasteiger partial charge on any atom is 0.193 e. The average Bonchev–Trinajstić information content (AvgIpc) is 1.61. The van der Waals surface area contributed by atoms with Crippen molar-refractivity contribution in [2.24, 2.45) is 23.7 Å². The van der Waals surface area contributed by atoms with Crippen LogP contribution in [0.3, 0.4) is 0 Å². The number of ether oxygens (including phenoxy) is 1. The van der Waals surface area contributed by atoms with E-state index < -0.39 is 149 Å². The molecule has 8 fully saturated rings. The molecule has 3 aromatic heterocycles. The number of likely N-dealkylation sites (tertiary alicyclic amines) is 3. The fourth-order valence-corrected chi connectivity index (χ4v) is 43.9. The number of halogens is 2. The van der Waals surface area contributed by atoms with Crippen LogP contribution in [0.1, 0.15) is 99.8 Å². The van der Waals surface area contributed by atoms with Gasteiger partial charge in [-0.1, -0.05) is 82.4 Å². The van der Waals surface area contributed by atoms with Gasteiger partial charge in [0.15, 0.2) is 98.4 Å². The van der Waals surface area contributed by atoms with Crippen LogP contribution in [0, 0.1) is 23.7 Å². The summed E-state index contributed by atoms with van der Waals surface area (Å²) in [6.45, 7) is 20.9. The maximum absolute atomic E-state index is 12.9. The first-order valence-corrected chi connectivity index (χ1v) is 58.5. The Bertz CT molecular complexity index is 5180. The Balaban J connectivity index is 0.000000163. The van der Waals surface area contributed by atoms with Crippen molar-refractivity contribution in [3.63, 3.8) is 0 Å². The van der Waals surface area contributed by atoms with E-state index in [0.717, 1.165) is 107 Å². The number of thiophene rings is 3. The number of nitrogens with one attached hydrogen (secondary N) is 2. The van der Waals surface area contributed by atoms with E-state index in [1.165, 1.54) is 59.9 Å². The van der Waals surface area contributed by atoms with Crippen molar-refractivity contribution in [2.75, 3.05) is 116 Å². The quantitative estimate of drug-likeness (QED) is 0.0587. The Morgan fingerprint density at radius 2 is 0.763 bits per heavy atom. The molecule has 13 rings (SSSR count). The molecule has 644 valence electrons. The van der Waals surface area contributed by atoms with Crippen molar-refractivity contribution in [2.45, 2.75) is 185 Å². The molecule has 2 aromatic carbocycles. The van der Waals surface area contributed by atoms with Gasteiger partial charge < -0.3 is 15.4 Å². The van der Waals surface area contributed by atoms with E-state index in [-0.39, 0.29) is 92.1 Å². The van der Waals surface area contributed by atoms with E-state index in [1.54, 1.807) is 52.5 Å². The second kappa shape index (κ2) is 39.7. The number of benzene rings is 2. The minimum absolute atomic E-state index is 0.0255. The van der Waals surface area contributed by atoms with Crippen molar-refractivity contribution in [1.29, 1.82) is 0 Å². The molecule has 0 amide bonds. The summed E-state index contributed by atoms with van der Waals surface area (Å²) in [5, 5.41) is 7.78.